The SMILES string of the molecule is O=C(Nc1cc(Cl)cc(Cl)c1)c1cnn(-c2ccc(Cl)cc2)c1. The molecule has 1 heterocycles. The number of halogens is 3. The van der Waals surface area contributed by atoms with Gasteiger partial charge >= 0.3 is 0 Å². The lowest BCUT2D eigenvalue weighted by Gasteiger charge is -2.05. The van der Waals surface area contributed by atoms with E-state index in [-0.39, 0.29) is 5.91 Å². The van der Waals surface area contributed by atoms with Crippen LogP contribution in [0, 0.1) is 0 Å². The first-order chi connectivity index (χ1) is 11.0. The average Bonchev–Trinajstić information content (AvgIpc) is 2.97. The standard InChI is InChI=1S/C16H10Cl3N3O/c17-11-1-3-15(4-2-11)22-9-10(8-20-22)16(23)21-14-6-12(18)5-13(19)7-14/h1-9H,(H,21,23). The van der Waals surface area contributed by atoms with Crippen molar-refractivity contribution in [2.24, 2.45) is 0 Å². The third-order valence-electron chi connectivity index (χ3n) is 3.06. The summed E-state index contributed by atoms with van der Waals surface area (Å²) in [6.45, 7) is 0. The number of amides is 1. The lowest BCUT2D eigenvalue weighted by molar-refractivity contribution is 0.102. The van der Waals surface area contributed by atoms with Crippen molar-refractivity contribution in [2.45, 2.75) is 0 Å². The van der Waals surface area contributed by atoms with Gasteiger partial charge in [-0.1, -0.05) is 34.8 Å². The predicted molar refractivity (Wildman–Crippen MR) is 93.0 cm³/mol. The Labute approximate surface area is 147 Å². The Morgan fingerprint density at radius 1 is 0.957 bits per heavy atom. The van der Waals surface area contributed by atoms with Crippen LogP contribution in [0.5, 0.6) is 0 Å². The third-order valence-corrected chi connectivity index (χ3v) is 3.74. The highest BCUT2D eigenvalue weighted by atomic mass is 35.5. The second-order valence-corrected chi connectivity index (χ2v) is 6.07. The van der Waals surface area contributed by atoms with Gasteiger partial charge in [0.25, 0.3) is 5.91 Å². The third kappa shape index (κ3) is 3.85. The predicted octanol–water partition coefficient (Wildman–Crippen LogP) is 5.08. The molecule has 0 saturated carbocycles. The minimum Gasteiger partial charge on any atom is -0.322 e. The van der Waals surface area contributed by atoms with Crippen LogP contribution in [0.3, 0.4) is 0 Å². The van der Waals surface area contributed by atoms with Crippen LogP contribution in [0.25, 0.3) is 5.69 Å². The summed E-state index contributed by atoms with van der Waals surface area (Å²) in [5.41, 5.74) is 1.74. The first kappa shape index (κ1) is 15.9. The molecule has 0 aliphatic rings. The van der Waals surface area contributed by atoms with Gasteiger partial charge in [-0.3, -0.25) is 4.79 Å². The van der Waals surface area contributed by atoms with Crippen molar-refractivity contribution in [1.29, 1.82) is 0 Å². The van der Waals surface area contributed by atoms with Crippen LogP contribution in [0.4, 0.5) is 5.69 Å². The Morgan fingerprint density at radius 2 is 1.61 bits per heavy atom. The summed E-state index contributed by atoms with van der Waals surface area (Å²) < 4.78 is 1.59. The summed E-state index contributed by atoms with van der Waals surface area (Å²) >= 11 is 17.7. The number of carbonyl (C=O) groups is 1. The topological polar surface area (TPSA) is 46.9 Å². The smallest absolute Gasteiger partial charge is 0.258 e. The highest BCUT2D eigenvalue weighted by Crippen LogP contribution is 2.23. The fourth-order valence-electron chi connectivity index (χ4n) is 2.00. The molecule has 4 nitrogen and oxygen atoms in total. The maximum absolute atomic E-state index is 12.3. The Kier molecular flexibility index (Phi) is 4.57. The summed E-state index contributed by atoms with van der Waals surface area (Å²) in [7, 11) is 0. The van der Waals surface area contributed by atoms with Crippen molar-refractivity contribution < 1.29 is 4.79 Å². The molecule has 0 bridgehead atoms. The van der Waals surface area contributed by atoms with E-state index in [1.54, 1.807) is 41.2 Å². The molecular weight excluding hydrogens is 357 g/mol. The molecule has 0 spiro atoms. The van der Waals surface area contributed by atoms with E-state index in [0.29, 0.717) is 26.3 Å². The second-order valence-electron chi connectivity index (χ2n) is 4.76. The minimum absolute atomic E-state index is 0.302. The fraction of sp³-hybridized carbons (Fsp3) is 0. The van der Waals surface area contributed by atoms with E-state index in [9.17, 15) is 4.79 Å². The molecule has 1 aromatic heterocycles. The van der Waals surface area contributed by atoms with Gasteiger partial charge in [-0.2, -0.15) is 5.10 Å². The van der Waals surface area contributed by atoms with Gasteiger partial charge in [-0.15, -0.1) is 0 Å². The van der Waals surface area contributed by atoms with E-state index in [1.807, 2.05) is 12.1 Å². The molecule has 1 amide bonds. The molecule has 0 saturated heterocycles. The molecule has 0 aliphatic carbocycles. The van der Waals surface area contributed by atoms with Crippen LogP contribution in [0.2, 0.25) is 15.1 Å². The van der Waals surface area contributed by atoms with Crippen molar-refractivity contribution in [3.8, 4) is 5.69 Å². The molecule has 0 atom stereocenters. The van der Waals surface area contributed by atoms with Gasteiger partial charge in [0.2, 0.25) is 0 Å². The van der Waals surface area contributed by atoms with E-state index < -0.39 is 0 Å². The number of hydrogen-bond donors (Lipinski definition) is 1. The van der Waals surface area contributed by atoms with Crippen LogP contribution in [-0.2, 0) is 0 Å². The van der Waals surface area contributed by atoms with Gasteiger partial charge in [0, 0.05) is 27.0 Å². The van der Waals surface area contributed by atoms with Crippen molar-refractivity contribution in [3.05, 3.63) is 75.5 Å². The number of rotatable bonds is 3. The average molecular weight is 367 g/mol. The van der Waals surface area contributed by atoms with Gasteiger partial charge < -0.3 is 5.32 Å². The zero-order chi connectivity index (χ0) is 16.4. The van der Waals surface area contributed by atoms with E-state index in [2.05, 4.69) is 10.4 Å². The van der Waals surface area contributed by atoms with Crippen molar-refractivity contribution in [1.82, 2.24) is 9.78 Å². The van der Waals surface area contributed by atoms with Crippen LogP contribution in [0.15, 0.2) is 54.9 Å². The van der Waals surface area contributed by atoms with Gasteiger partial charge in [-0.25, -0.2) is 4.68 Å². The maximum atomic E-state index is 12.3. The van der Waals surface area contributed by atoms with E-state index in [1.165, 1.54) is 6.20 Å². The van der Waals surface area contributed by atoms with Gasteiger partial charge in [0.1, 0.15) is 0 Å². The van der Waals surface area contributed by atoms with Crippen LogP contribution in [-0.4, -0.2) is 15.7 Å². The lowest BCUT2D eigenvalue weighted by Crippen LogP contribution is -2.11. The number of nitrogens with one attached hydrogen (secondary N) is 1. The zero-order valence-corrected chi connectivity index (χ0v) is 13.9. The van der Waals surface area contributed by atoms with E-state index in [4.69, 9.17) is 34.8 Å². The Bertz CT molecular complexity index is 839. The molecule has 3 aromatic rings. The Balaban J connectivity index is 1.79. The first-order valence-electron chi connectivity index (χ1n) is 6.59. The molecule has 23 heavy (non-hydrogen) atoms. The maximum Gasteiger partial charge on any atom is 0.258 e. The number of benzene rings is 2. The molecule has 3 rings (SSSR count). The number of carbonyl (C=O) groups excluding carboxylic acids is 1. The Hall–Kier alpha value is -2.01. The fourth-order valence-corrected chi connectivity index (χ4v) is 2.66. The van der Waals surface area contributed by atoms with Crippen molar-refractivity contribution >= 4 is 46.4 Å². The van der Waals surface area contributed by atoms with Crippen molar-refractivity contribution in [2.75, 3.05) is 5.32 Å². The monoisotopic (exact) mass is 365 g/mol. The number of aromatic nitrogens is 2. The number of anilines is 1. The number of hydrogen-bond acceptors (Lipinski definition) is 2. The molecule has 2 aromatic carbocycles. The summed E-state index contributed by atoms with van der Waals surface area (Å²) in [6, 6.07) is 12.0. The Morgan fingerprint density at radius 3 is 2.26 bits per heavy atom. The highest BCUT2D eigenvalue weighted by Gasteiger charge is 2.10. The highest BCUT2D eigenvalue weighted by molar-refractivity contribution is 6.35. The molecule has 0 radical (unpaired) electrons. The lowest BCUT2D eigenvalue weighted by atomic mass is 10.3. The quantitative estimate of drug-likeness (QED) is 0.702. The van der Waals surface area contributed by atoms with Crippen LogP contribution >= 0.6 is 34.8 Å². The van der Waals surface area contributed by atoms with Gasteiger partial charge in [-0.05, 0) is 42.5 Å². The van der Waals surface area contributed by atoms with Crippen LogP contribution < -0.4 is 5.32 Å². The van der Waals surface area contributed by atoms with Crippen molar-refractivity contribution in [3.63, 3.8) is 0 Å². The summed E-state index contributed by atoms with van der Waals surface area (Å²) in [6.07, 6.45) is 3.11. The van der Waals surface area contributed by atoms with E-state index >= 15 is 0 Å². The van der Waals surface area contributed by atoms with E-state index in [0.717, 1.165) is 5.69 Å². The molecule has 0 fully saturated rings. The molecular formula is C16H10Cl3N3O. The second kappa shape index (κ2) is 6.62. The van der Waals surface area contributed by atoms with Gasteiger partial charge in [0.05, 0.1) is 17.4 Å². The summed E-state index contributed by atoms with van der Waals surface area (Å²) in [4.78, 5) is 12.3. The minimum atomic E-state index is -0.302. The molecule has 7 heteroatoms. The summed E-state index contributed by atoms with van der Waals surface area (Å²) in [5.74, 6) is -0.302. The molecule has 116 valence electrons. The van der Waals surface area contributed by atoms with Gasteiger partial charge in [0.15, 0.2) is 0 Å². The number of nitrogens with zero attached hydrogens (tertiary/aromatic N) is 2. The normalized spacial score (nSPS) is 10.6. The zero-order valence-electron chi connectivity index (χ0n) is 11.6. The molecule has 1 N–H and O–H groups in total. The van der Waals surface area contributed by atoms with Crippen LogP contribution in [0.1, 0.15) is 10.4 Å². The first-order valence-corrected chi connectivity index (χ1v) is 7.73. The largest absolute Gasteiger partial charge is 0.322 e. The molecule has 0 aliphatic heterocycles. The molecule has 0 unspecified atom stereocenters. The summed E-state index contributed by atoms with van der Waals surface area (Å²) in [5, 5.41) is 8.44.